The van der Waals surface area contributed by atoms with E-state index in [1.54, 1.807) is 6.20 Å². The van der Waals surface area contributed by atoms with Crippen LogP contribution in [0.25, 0.3) is 11.5 Å². The van der Waals surface area contributed by atoms with Gasteiger partial charge < -0.3 is 9.47 Å². The van der Waals surface area contributed by atoms with Crippen molar-refractivity contribution in [2.24, 2.45) is 0 Å². The second kappa shape index (κ2) is 7.42. The Labute approximate surface area is 159 Å². The number of aromatic nitrogens is 6. The van der Waals surface area contributed by atoms with Gasteiger partial charge in [0.15, 0.2) is 5.82 Å². The van der Waals surface area contributed by atoms with E-state index in [9.17, 15) is 0 Å². The third-order valence-corrected chi connectivity index (χ3v) is 5.00. The van der Waals surface area contributed by atoms with Gasteiger partial charge in [-0.2, -0.15) is 0 Å². The lowest BCUT2D eigenvalue weighted by atomic mass is 9.97. The van der Waals surface area contributed by atoms with Gasteiger partial charge >= 0.3 is 0 Å². The largest absolute Gasteiger partial charge is 0.356 e. The first kappa shape index (κ1) is 17.6. The van der Waals surface area contributed by atoms with Crippen molar-refractivity contribution in [1.82, 2.24) is 29.7 Å². The molecule has 4 rings (SSSR count). The summed E-state index contributed by atoms with van der Waals surface area (Å²) in [5.41, 5.74) is 1.75. The molecule has 4 heterocycles. The third kappa shape index (κ3) is 3.67. The minimum atomic E-state index is 0.359. The van der Waals surface area contributed by atoms with Gasteiger partial charge in [0.1, 0.15) is 23.7 Å². The zero-order valence-corrected chi connectivity index (χ0v) is 16.1. The first-order valence-corrected chi connectivity index (χ1v) is 9.53. The maximum atomic E-state index is 4.81. The predicted octanol–water partition coefficient (Wildman–Crippen LogP) is 3.40. The van der Waals surface area contributed by atoms with E-state index in [-0.39, 0.29) is 0 Å². The summed E-state index contributed by atoms with van der Waals surface area (Å²) in [5, 5.41) is 8.56. The highest BCUT2D eigenvalue weighted by molar-refractivity contribution is 5.53. The van der Waals surface area contributed by atoms with Crippen LogP contribution in [0.1, 0.15) is 50.2 Å². The second-order valence-electron chi connectivity index (χ2n) is 7.38. The van der Waals surface area contributed by atoms with Crippen LogP contribution in [0.4, 0.5) is 5.82 Å². The summed E-state index contributed by atoms with van der Waals surface area (Å²) >= 11 is 0. The summed E-state index contributed by atoms with van der Waals surface area (Å²) in [6.45, 7) is 8.23. The molecular formula is C20H25N7. The maximum Gasteiger partial charge on any atom is 0.180 e. The number of rotatable bonds is 4. The lowest BCUT2D eigenvalue weighted by Gasteiger charge is -2.33. The number of hydrogen-bond acceptors (Lipinski definition) is 6. The molecule has 0 amide bonds. The molecule has 27 heavy (non-hydrogen) atoms. The summed E-state index contributed by atoms with van der Waals surface area (Å²) < 4.78 is 2.18. The SMILES string of the molecule is Cc1cc(N2CCC[C@@H](c3nncn3C(C)C)C2)nc(-c2ccccn2)n1. The van der Waals surface area contributed by atoms with Crippen LogP contribution in [0.15, 0.2) is 36.8 Å². The summed E-state index contributed by atoms with van der Waals surface area (Å²) in [6, 6.07) is 8.23. The van der Waals surface area contributed by atoms with Gasteiger partial charge in [0.25, 0.3) is 0 Å². The Kier molecular flexibility index (Phi) is 4.83. The summed E-state index contributed by atoms with van der Waals surface area (Å²) in [7, 11) is 0. The standard InChI is InChI=1S/C20H25N7/c1-14(2)27-13-22-25-20(27)16-7-6-10-26(12-16)18-11-15(3)23-19(24-18)17-8-4-5-9-21-17/h4-5,8-9,11,13-14,16H,6-7,10,12H2,1-3H3/t16-/m1/s1. The predicted molar refractivity (Wildman–Crippen MR) is 105 cm³/mol. The van der Waals surface area contributed by atoms with Gasteiger partial charge in [0, 0.05) is 43.0 Å². The van der Waals surface area contributed by atoms with Gasteiger partial charge in [-0.25, -0.2) is 9.97 Å². The summed E-state index contributed by atoms with van der Waals surface area (Å²) in [6.07, 6.45) is 5.85. The smallest absolute Gasteiger partial charge is 0.180 e. The zero-order valence-electron chi connectivity index (χ0n) is 16.1. The van der Waals surface area contributed by atoms with Gasteiger partial charge in [-0.1, -0.05) is 6.07 Å². The van der Waals surface area contributed by atoms with E-state index in [0.29, 0.717) is 17.8 Å². The van der Waals surface area contributed by atoms with Crippen molar-refractivity contribution in [2.45, 2.75) is 45.6 Å². The van der Waals surface area contributed by atoms with Gasteiger partial charge in [-0.3, -0.25) is 4.98 Å². The molecule has 0 radical (unpaired) electrons. The number of hydrogen-bond donors (Lipinski definition) is 0. The van der Waals surface area contributed by atoms with Crippen LogP contribution >= 0.6 is 0 Å². The van der Waals surface area contributed by atoms with E-state index >= 15 is 0 Å². The fourth-order valence-electron chi connectivity index (χ4n) is 3.66. The maximum absolute atomic E-state index is 4.81. The fourth-order valence-corrected chi connectivity index (χ4v) is 3.66. The molecule has 0 N–H and O–H groups in total. The van der Waals surface area contributed by atoms with Gasteiger partial charge in [-0.15, -0.1) is 10.2 Å². The molecule has 0 aromatic carbocycles. The van der Waals surface area contributed by atoms with Crippen LogP contribution in [0.3, 0.4) is 0 Å². The minimum absolute atomic E-state index is 0.359. The normalized spacial score (nSPS) is 17.5. The first-order chi connectivity index (χ1) is 13.1. The van der Waals surface area contributed by atoms with Crippen molar-refractivity contribution in [1.29, 1.82) is 0 Å². The minimum Gasteiger partial charge on any atom is -0.356 e. The Morgan fingerprint density at radius 3 is 2.85 bits per heavy atom. The third-order valence-electron chi connectivity index (χ3n) is 5.00. The fraction of sp³-hybridized carbons (Fsp3) is 0.450. The lowest BCUT2D eigenvalue weighted by molar-refractivity contribution is 0.453. The number of anilines is 1. The van der Waals surface area contributed by atoms with E-state index in [1.165, 1.54) is 0 Å². The molecule has 140 valence electrons. The van der Waals surface area contributed by atoms with Crippen molar-refractivity contribution in [3.8, 4) is 11.5 Å². The molecule has 1 saturated heterocycles. The topological polar surface area (TPSA) is 72.6 Å². The molecule has 0 unspecified atom stereocenters. The van der Waals surface area contributed by atoms with Crippen LogP contribution in [0, 0.1) is 6.92 Å². The Balaban J connectivity index is 1.62. The van der Waals surface area contributed by atoms with Crippen molar-refractivity contribution < 1.29 is 0 Å². The van der Waals surface area contributed by atoms with E-state index in [2.05, 4.69) is 49.5 Å². The average molecular weight is 363 g/mol. The highest BCUT2D eigenvalue weighted by atomic mass is 15.3. The quantitative estimate of drug-likeness (QED) is 0.707. The molecule has 1 fully saturated rings. The van der Waals surface area contributed by atoms with E-state index in [4.69, 9.17) is 4.98 Å². The molecule has 0 bridgehead atoms. The Bertz CT molecular complexity index is 904. The molecular weight excluding hydrogens is 338 g/mol. The van der Waals surface area contributed by atoms with E-state index < -0.39 is 0 Å². The van der Waals surface area contributed by atoms with Gasteiger partial charge in [0.05, 0.1) is 0 Å². The van der Waals surface area contributed by atoms with Crippen LogP contribution in [0.2, 0.25) is 0 Å². The van der Waals surface area contributed by atoms with Crippen molar-refractivity contribution in [2.75, 3.05) is 18.0 Å². The van der Waals surface area contributed by atoms with Crippen molar-refractivity contribution in [3.63, 3.8) is 0 Å². The van der Waals surface area contributed by atoms with Crippen LogP contribution in [-0.2, 0) is 0 Å². The molecule has 7 heteroatoms. The second-order valence-corrected chi connectivity index (χ2v) is 7.38. The molecule has 7 nitrogen and oxygen atoms in total. The molecule has 0 saturated carbocycles. The van der Waals surface area contributed by atoms with E-state index in [1.807, 2.05) is 31.5 Å². The monoisotopic (exact) mass is 363 g/mol. The van der Waals surface area contributed by atoms with Crippen LogP contribution in [-0.4, -0.2) is 42.8 Å². The number of nitrogens with zero attached hydrogens (tertiary/aromatic N) is 7. The van der Waals surface area contributed by atoms with Gasteiger partial charge in [-0.05, 0) is 45.7 Å². The molecule has 0 spiro atoms. The lowest BCUT2D eigenvalue weighted by Crippen LogP contribution is -2.36. The number of piperidine rings is 1. The molecule has 3 aromatic heterocycles. The zero-order chi connectivity index (χ0) is 18.8. The van der Waals surface area contributed by atoms with E-state index in [0.717, 1.165) is 49.0 Å². The summed E-state index contributed by atoms with van der Waals surface area (Å²) in [5.74, 6) is 3.07. The Morgan fingerprint density at radius 2 is 2.07 bits per heavy atom. The molecule has 3 aromatic rings. The van der Waals surface area contributed by atoms with Crippen molar-refractivity contribution >= 4 is 5.82 Å². The molecule has 1 atom stereocenters. The Morgan fingerprint density at radius 1 is 1.19 bits per heavy atom. The number of aryl methyl sites for hydroxylation is 1. The highest BCUT2D eigenvalue weighted by Crippen LogP contribution is 2.30. The van der Waals surface area contributed by atoms with Gasteiger partial charge in [0.2, 0.25) is 0 Å². The van der Waals surface area contributed by atoms with Crippen LogP contribution < -0.4 is 4.90 Å². The molecule has 0 aliphatic carbocycles. The average Bonchev–Trinajstić information content (AvgIpc) is 3.19. The van der Waals surface area contributed by atoms with Crippen molar-refractivity contribution in [3.05, 3.63) is 48.3 Å². The first-order valence-electron chi connectivity index (χ1n) is 9.53. The van der Waals surface area contributed by atoms with Crippen LogP contribution in [0.5, 0.6) is 0 Å². The summed E-state index contributed by atoms with van der Waals surface area (Å²) in [4.78, 5) is 16.1. The molecule has 1 aliphatic rings. The highest BCUT2D eigenvalue weighted by Gasteiger charge is 2.27. The number of pyridine rings is 1. The Hall–Kier alpha value is -2.83. The molecule has 1 aliphatic heterocycles.